The number of benzene rings is 3. The van der Waals surface area contributed by atoms with E-state index in [1.165, 1.54) is 32.7 Å². The SMILES string of the molecule is c1ccc2c(-c3ccnc(-c4nccs4)c3)c3ccccc3c(-c3ccnc(-c4nccs4)c3)c2c1. The quantitative estimate of drug-likeness (QED) is 0.229. The van der Waals surface area contributed by atoms with Crippen molar-refractivity contribution in [2.24, 2.45) is 0 Å². The van der Waals surface area contributed by atoms with E-state index in [9.17, 15) is 0 Å². The number of aromatic nitrogens is 4. The van der Waals surface area contributed by atoms with Gasteiger partial charge in [0.25, 0.3) is 0 Å². The van der Waals surface area contributed by atoms with Gasteiger partial charge in [0, 0.05) is 35.5 Å². The highest BCUT2D eigenvalue weighted by Gasteiger charge is 2.18. The van der Waals surface area contributed by atoms with E-state index in [4.69, 9.17) is 0 Å². The third-order valence-corrected chi connectivity index (χ3v) is 7.92. The maximum atomic E-state index is 4.60. The van der Waals surface area contributed by atoms with Crippen LogP contribution >= 0.6 is 22.7 Å². The fourth-order valence-electron chi connectivity index (χ4n) is 4.86. The normalized spacial score (nSPS) is 11.3. The number of nitrogens with zero attached hydrogens (tertiary/aromatic N) is 4. The van der Waals surface area contributed by atoms with Gasteiger partial charge in [0.05, 0.1) is 11.4 Å². The summed E-state index contributed by atoms with van der Waals surface area (Å²) in [6.07, 6.45) is 7.41. The molecule has 0 unspecified atom stereocenters. The van der Waals surface area contributed by atoms with Gasteiger partial charge in [-0.25, -0.2) is 9.97 Å². The van der Waals surface area contributed by atoms with E-state index in [0.717, 1.165) is 32.5 Å². The molecule has 0 atom stereocenters. The second kappa shape index (κ2) is 8.75. The van der Waals surface area contributed by atoms with Gasteiger partial charge < -0.3 is 0 Å². The maximum absolute atomic E-state index is 4.60. The summed E-state index contributed by atoms with van der Waals surface area (Å²) >= 11 is 3.21. The molecule has 6 heteroatoms. The minimum atomic E-state index is 0.891. The van der Waals surface area contributed by atoms with Gasteiger partial charge >= 0.3 is 0 Å². The Bertz CT molecular complexity index is 1650. The number of thiazole rings is 2. The first-order valence-corrected chi connectivity index (χ1v) is 13.3. The lowest BCUT2D eigenvalue weighted by Crippen LogP contribution is -1.92. The second-order valence-electron chi connectivity index (χ2n) is 8.38. The number of hydrogen-bond acceptors (Lipinski definition) is 6. The predicted molar refractivity (Wildman–Crippen MR) is 150 cm³/mol. The summed E-state index contributed by atoms with van der Waals surface area (Å²) in [7, 11) is 0. The highest BCUT2D eigenvalue weighted by Crippen LogP contribution is 2.44. The number of fused-ring (bicyclic) bond motifs is 2. The van der Waals surface area contributed by atoms with Crippen molar-refractivity contribution in [3.63, 3.8) is 0 Å². The minimum Gasteiger partial charge on any atom is -0.254 e. The Labute approximate surface area is 215 Å². The molecule has 4 heterocycles. The summed E-state index contributed by atoms with van der Waals surface area (Å²) in [4.78, 5) is 18.2. The lowest BCUT2D eigenvalue weighted by atomic mass is 9.86. The zero-order chi connectivity index (χ0) is 23.9. The topological polar surface area (TPSA) is 51.6 Å². The van der Waals surface area contributed by atoms with E-state index in [-0.39, 0.29) is 0 Å². The summed E-state index contributed by atoms with van der Waals surface area (Å²) in [5.74, 6) is 0. The monoisotopic (exact) mass is 498 g/mol. The Kier molecular flexibility index (Phi) is 5.12. The maximum Gasteiger partial charge on any atom is 0.141 e. The molecule has 0 aliphatic rings. The van der Waals surface area contributed by atoms with Crippen molar-refractivity contribution in [2.45, 2.75) is 0 Å². The Balaban J connectivity index is 1.54. The summed E-state index contributed by atoms with van der Waals surface area (Å²) in [5.41, 5.74) is 6.46. The Morgan fingerprint density at radius 3 is 1.22 bits per heavy atom. The molecule has 4 aromatic heterocycles. The Morgan fingerprint density at radius 2 is 0.861 bits per heavy atom. The molecule has 4 nitrogen and oxygen atoms in total. The molecule has 0 aliphatic carbocycles. The number of pyridine rings is 2. The van der Waals surface area contributed by atoms with Crippen LogP contribution in [0.5, 0.6) is 0 Å². The first-order valence-electron chi connectivity index (χ1n) is 11.5. The van der Waals surface area contributed by atoms with Crippen molar-refractivity contribution in [3.05, 3.63) is 108 Å². The number of hydrogen-bond donors (Lipinski definition) is 0. The minimum absolute atomic E-state index is 0.891. The molecular formula is C30H18N4S2. The molecule has 0 amide bonds. The van der Waals surface area contributed by atoms with E-state index in [1.54, 1.807) is 22.7 Å². The first kappa shape index (κ1) is 21.1. The molecule has 0 saturated carbocycles. The van der Waals surface area contributed by atoms with Gasteiger partial charge in [-0.05, 0) is 68.1 Å². The Morgan fingerprint density at radius 1 is 0.444 bits per heavy atom. The van der Waals surface area contributed by atoms with Gasteiger partial charge in [-0.1, -0.05) is 48.5 Å². The molecule has 0 spiro atoms. The van der Waals surface area contributed by atoms with Gasteiger partial charge in [-0.2, -0.15) is 0 Å². The smallest absolute Gasteiger partial charge is 0.141 e. The van der Waals surface area contributed by atoms with E-state index in [2.05, 4.69) is 92.7 Å². The highest BCUT2D eigenvalue weighted by molar-refractivity contribution is 7.13. The van der Waals surface area contributed by atoms with Crippen molar-refractivity contribution in [1.29, 1.82) is 0 Å². The van der Waals surface area contributed by atoms with Crippen LogP contribution in [0.25, 0.3) is 65.2 Å². The van der Waals surface area contributed by atoms with Crippen LogP contribution in [0.15, 0.2) is 108 Å². The summed E-state index contributed by atoms with van der Waals surface area (Å²) < 4.78 is 0. The first-order chi connectivity index (χ1) is 17.9. The fourth-order valence-corrected chi connectivity index (χ4v) is 6.07. The van der Waals surface area contributed by atoms with E-state index >= 15 is 0 Å². The lowest BCUT2D eigenvalue weighted by molar-refractivity contribution is 1.29. The van der Waals surface area contributed by atoms with Gasteiger partial charge in [-0.3, -0.25) is 9.97 Å². The average molecular weight is 499 g/mol. The van der Waals surface area contributed by atoms with Crippen LogP contribution in [0.3, 0.4) is 0 Å². The van der Waals surface area contributed by atoms with Crippen molar-refractivity contribution in [1.82, 2.24) is 19.9 Å². The standard InChI is InChI=1S/C30H18N4S2/c1-2-6-22-21(5-1)27(19-9-11-31-25(17-19)29-33-13-15-35-29)23-7-3-4-8-24(23)28(22)20-10-12-32-26(18-20)30-34-14-16-36-30/h1-18H. The molecule has 36 heavy (non-hydrogen) atoms. The molecule has 7 rings (SSSR count). The van der Waals surface area contributed by atoms with Crippen molar-refractivity contribution in [3.8, 4) is 43.7 Å². The molecule has 0 radical (unpaired) electrons. The predicted octanol–water partition coefficient (Wildman–Crippen LogP) is 8.36. The van der Waals surface area contributed by atoms with E-state index < -0.39 is 0 Å². The Hall–Kier alpha value is -4.26. The van der Waals surface area contributed by atoms with Crippen LogP contribution in [0.1, 0.15) is 0 Å². The molecule has 0 bridgehead atoms. The highest BCUT2D eigenvalue weighted by atomic mass is 32.1. The largest absolute Gasteiger partial charge is 0.254 e. The van der Waals surface area contributed by atoms with Gasteiger partial charge in [0.2, 0.25) is 0 Å². The third kappa shape index (κ3) is 3.50. The molecule has 0 fully saturated rings. The van der Waals surface area contributed by atoms with Crippen LogP contribution in [0.2, 0.25) is 0 Å². The summed E-state index contributed by atoms with van der Waals surface area (Å²) in [6.45, 7) is 0. The van der Waals surface area contributed by atoms with E-state index in [0.29, 0.717) is 0 Å². The average Bonchev–Trinajstić information content (AvgIpc) is 3.67. The van der Waals surface area contributed by atoms with Crippen LogP contribution in [0.4, 0.5) is 0 Å². The van der Waals surface area contributed by atoms with Crippen molar-refractivity contribution in [2.75, 3.05) is 0 Å². The molecule has 3 aromatic carbocycles. The van der Waals surface area contributed by atoms with Crippen LogP contribution in [-0.4, -0.2) is 19.9 Å². The van der Waals surface area contributed by atoms with Crippen LogP contribution in [-0.2, 0) is 0 Å². The molecule has 170 valence electrons. The molecular weight excluding hydrogens is 480 g/mol. The summed E-state index contributed by atoms with van der Waals surface area (Å²) in [6, 6.07) is 25.8. The molecule has 0 saturated heterocycles. The van der Waals surface area contributed by atoms with Crippen LogP contribution < -0.4 is 0 Å². The van der Waals surface area contributed by atoms with Gasteiger partial charge in [0.15, 0.2) is 0 Å². The summed E-state index contributed by atoms with van der Waals surface area (Å²) in [5, 5.41) is 10.6. The second-order valence-corrected chi connectivity index (χ2v) is 10.2. The fraction of sp³-hybridized carbons (Fsp3) is 0. The molecule has 7 aromatic rings. The van der Waals surface area contributed by atoms with E-state index in [1.807, 2.05) is 35.5 Å². The number of rotatable bonds is 4. The van der Waals surface area contributed by atoms with Crippen LogP contribution in [0, 0.1) is 0 Å². The van der Waals surface area contributed by atoms with Crippen molar-refractivity contribution < 1.29 is 0 Å². The third-order valence-electron chi connectivity index (χ3n) is 6.33. The van der Waals surface area contributed by atoms with Crippen molar-refractivity contribution >= 4 is 44.2 Å². The zero-order valence-electron chi connectivity index (χ0n) is 19.0. The lowest BCUT2D eigenvalue weighted by Gasteiger charge is -2.18. The van der Waals surface area contributed by atoms with Gasteiger partial charge in [0.1, 0.15) is 10.0 Å². The zero-order valence-corrected chi connectivity index (χ0v) is 20.6. The molecule has 0 N–H and O–H groups in total. The van der Waals surface area contributed by atoms with Gasteiger partial charge in [-0.15, -0.1) is 22.7 Å². The molecule has 0 aliphatic heterocycles.